The van der Waals surface area contributed by atoms with E-state index in [0.29, 0.717) is 12.0 Å². The number of benzene rings is 3. The van der Waals surface area contributed by atoms with Crippen LogP contribution >= 0.6 is 0 Å². The van der Waals surface area contributed by atoms with Crippen molar-refractivity contribution in [3.63, 3.8) is 0 Å². The van der Waals surface area contributed by atoms with E-state index in [0.717, 1.165) is 37.0 Å². The third kappa shape index (κ3) is 4.46. The van der Waals surface area contributed by atoms with Crippen LogP contribution in [0.5, 0.6) is 5.75 Å². The molecule has 1 unspecified atom stereocenters. The lowest BCUT2D eigenvalue weighted by Crippen LogP contribution is -2.55. The van der Waals surface area contributed by atoms with Crippen molar-refractivity contribution in [2.24, 2.45) is 13.0 Å². The first-order valence-electron chi connectivity index (χ1n) is 12.8. The van der Waals surface area contributed by atoms with Gasteiger partial charge in [0, 0.05) is 49.9 Å². The third-order valence-electron chi connectivity index (χ3n) is 8.09. The van der Waals surface area contributed by atoms with Gasteiger partial charge in [-0.2, -0.15) is 5.10 Å². The van der Waals surface area contributed by atoms with Gasteiger partial charge in [0.25, 0.3) is 0 Å². The predicted octanol–water partition coefficient (Wildman–Crippen LogP) is 5.22. The minimum atomic E-state index is 0.563. The summed E-state index contributed by atoms with van der Waals surface area (Å²) in [5, 5.41) is 11.2. The average molecular weight is 467 g/mol. The molecule has 3 aromatic carbocycles. The van der Waals surface area contributed by atoms with Crippen LogP contribution < -0.4 is 10.1 Å². The molecule has 3 aliphatic heterocycles. The van der Waals surface area contributed by atoms with Gasteiger partial charge < -0.3 is 10.1 Å². The van der Waals surface area contributed by atoms with Crippen molar-refractivity contribution >= 4 is 10.8 Å². The maximum absolute atomic E-state index is 5.27. The molecule has 3 aliphatic rings. The largest absolute Gasteiger partial charge is 0.497 e. The average Bonchev–Trinajstić information content (AvgIpc) is 3.30. The normalized spacial score (nSPS) is 23.6. The monoisotopic (exact) mass is 466 g/mol. The second-order valence-corrected chi connectivity index (χ2v) is 10.2. The Bertz CT molecular complexity index is 1310. The summed E-state index contributed by atoms with van der Waals surface area (Å²) in [6.07, 6.45) is 2.55. The fraction of sp³-hybridized carbons (Fsp3) is 0.367. The van der Waals surface area contributed by atoms with Gasteiger partial charge in [0.1, 0.15) is 5.75 Å². The lowest BCUT2D eigenvalue weighted by atomic mass is 9.74. The van der Waals surface area contributed by atoms with Crippen molar-refractivity contribution in [1.29, 1.82) is 0 Å². The minimum absolute atomic E-state index is 0.563. The molecule has 180 valence electrons. The quantitative estimate of drug-likeness (QED) is 0.406. The molecule has 3 fully saturated rings. The van der Waals surface area contributed by atoms with Crippen LogP contribution in [0.4, 0.5) is 0 Å². The van der Waals surface area contributed by atoms with E-state index in [1.165, 1.54) is 47.0 Å². The summed E-state index contributed by atoms with van der Waals surface area (Å²) in [6, 6.07) is 26.5. The first-order chi connectivity index (χ1) is 17.2. The van der Waals surface area contributed by atoms with E-state index in [1.807, 2.05) is 12.1 Å². The second-order valence-electron chi connectivity index (χ2n) is 10.2. The van der Waals surface area contributed by atoms with E-state index in [-0.39, 0.29) is 0 Å². The van der Waals surface area contributed by atoms with Crippen LogP contribution in [-0.4, -0.2) is 47.5 Å². The summed E-state index contributed by atoms with van der Waals surface area (Å²) in [4.78, 5) is 2.70. The number of nitrogens with zero attached hydrogens (tertiary/aromatic N) is 3. The zero-order chi connectivity index (χ0) is 23.8. The highest BCUT2D eigenvalue weighted by atomic mass is 16.5. The van der Waals surface area contributed by atoms with Crippen LogP contribution in [-0.2, 0) is 13.6 Å². The number of methoxy groups -OCH3 is 1. The number of aryl methyl sites for hydroxylation is 1. The molecule has 35 heavy (non-hydrogen) atoms. The SMILES string of the molecule is COc1ccc(CNC[C@H]2C[C@@H]3CCN2C[C@@H]3c2cc(-c3ccc4ccccc4c3)nn2C)cc1. The van der Waals surface area contributed by atoms with Gasteiger partial charge in [0.15, 0.2) is 0 Å². The van der Waals surface area contributed by atoms with Gasteiger partial charge in [-0.3, -0.25) is 9.58 Å². The van der Waals surface area contributed by atoms with E-state index in [4.69, 9.17) is 9.84 Å². The number of aromatic nitrogens is 2. The van der Waals surface area contributed by atoms with Crippen LogP contribution in [0, 0.1) is 5.92 Å². The molecule has 4 atom stereocenters. The molecule has 0 amide bonds. The highest BCUT2D eigenvalue weighted by molar-refractivity contribution is 5.86. The summed E-state index contributed by atoms with van der Waals surface area (Å²) >= 11 is 0. The fourth-order valence-electron chi connectivity index (χ4n) is 6.13. The lowest BCUT2D eigenvalue weighted by molar-refractivity contribution is 0.0282. The Morgan fingerprint density at radius 2 is 1.83 bits per heavy atom. The van der Waals surface area contributed by atoms with Crippen LogP contribution in [0.1, 0.15) is 30.0 Å². The Kier molecular flexibility index (Phi) is 6.05. The first-order valence-corrected chi connectivity index (χ1v) is 12.8. The van der Waals surface area contributed by atoms with Crippen LogP contribution in [0.2, 0.25) is 0 Å². The molecule has 7 rings (SSSR count). The van der Waals surface area contributed by atoms with Gasteiger partial charge in [-0.25, -0.2) is 0 Å². The number of ether oxygens (including phenoxy) is 1. The molecule has 5 nitrogen and oxygen atoms in total. The number of piperidine rings is 3. The number of rotatable bonds is 7. The van der Waals surface area contributed by atoms with Crippen molar-refractivity contribution in [1.82, 2.24) is 20.0 Å². The van der Waals surface area contributed by atoms with Crippen molar-refractivity contribution < 1.29 is 4.74 Å². The van der Waals surface area contributed by atoms with E-state index < -0.39 is 0 Å². The van der Waals surface area contributed by atoms with Crippen LogP contribution in [0.25, 0.3) is 22.0 Å². The summed E-state index contributed by atoms with van der Waals surface area (Å²) in [5.41, 5.74) is 4.97. The molecule has 5 heteroatoms. The first kappa shape index (κ1) is 22.3. The van der Waals surface area contributed by atoms with Gasteiger partial charge in [-0.1, -0.05) is 48.5 Å². The highest BCUT2D eigenvalue weighted by Crippen LogP contribution is 2.42. The second kappa shape index (κ2) is 9.48. The zero-order valence-corrected chi connectivity index (χ0v) is 20.7. The van der Waals surface area contributed by atoms with Crippen LogP contribution in [0.15, 0.2) is 72.8 Å². The fourth-order valence-corrected chi connectivity index (χ4v) is 6.13. The predicted molar refractivity (Wildman–Crippen MR) is 142 cm³/mol. The van der Waals surface area contributed by atoms with Crippen LogP contribution in [0.3, 0.4) is 0 Å². The molecular formula is C30H34N4O. The molecule has 4 aromatic rings. The third-order valence-corrected chi connectivity index (χ3v) is 8.09. The molecule has 0 aliphatic carbocycles. The van der Waals surface area contributed by atoms with Crippen molar-refractivity contribution in [2.45, 2.75) is 31.3 Å². The van der Waals surface area contributed by atoms with Gasteiger partial charge in [-0.05, 0) is 65.9 Å². The van der Waals surface area contributed by atoms with Gasteiger partial charge >= 0.3 is 0 Å². The van der Waals surface area contributed by atoms with Gasteiger partial charge in [-0.15, -0.1) is 0 Å². The Hall–Kier alpha value is -3.15. The summed E-state index contributed by atoms with van der Waals surface area (Å²) in [6.45, 7) is 4.30. The maximum Gasteiger partial charge on any atom is 0.118 e. The molecule has 0 saturated carbocycles. The topological polar surface area (TPSA) is 42.3 Å². The Morgan fingerprint density at radius 3 is 2.60 bits per heavy atom. The minimum Gasteiger partial charge on any atom is -0.497 e. The molecule has 1 aromatic heterocycles. The molecular weight excluding hydrogens is 432 g/mol. The summed E-state index contributed by atoms with van der Waals surface area (Å²) < 4.78 is 7.40. The highest BCUT2D eigenvalue weighted by Gasteiger charge is 2.41. The smallest absolute Gasteiger partial charge is 0.118 e. The summed E-state index contributed by atoms with van der Waals surface area (Å²) in [7, 11) is 3.83. The molecule has 3 saturated heterocycles. The van der Waals surface area contributed by atoms with E-state index >= 15 is 0 Å². The number of nitrogens with one attached hydrogen (secondary N) is 1. The zero-order valence-electron chi connectivity index (χ0n) is 20.7. The Labute approximate surface area is 207 Å². The maximum atomic E-state index is 5.27. The van der Waals surface area contributed by atoms with E-state index in [9.17, 15) is 0 Å². The Balaban J connectivity index is 1.12. The molecule has 0 radical (unpaired) electrons. The van der Waals surface area contributed by atoms with Gasteiger partial charge in [0.2, 0.25) is 0 Å². The van der Waals surface area contributed by atoms with Crippen molar-refractivity contribution in [3.8, 4) is 17.0 Å². The standard InChI is InChI=1S/C30H34N4O/c1-33-30(17-29(32-33)25-10-9-22-5-3-4-6-23(22)15-25)28-20-34-14-13-24(28)16-26(34)19-31-18-21-7-11-27(35-2)12-8-21/h3-12,15,17,24,26,28,31H,13-14,16,18-20H2,1-2H3/t24-,26+,28-/m0/s1. The van der Waals surface area contributed by atoms with Crippen molar-refractivity contribution in [3.05, 3.63) is 84.1 Å². The number of hydrogen-bond acceptors (Lipinski definition) is 4. The van der Waals surface area contributed by atoms with Gasteiger partial charge in [0.05, 0.1) is 12.8 Å². The van der Waals surface area contributed by atoms with E-state index in [2.05, 4.69) is 82.6 Å². The molecule has 0 spiro atoms. The van der Waals surface area contributed by atoms with E-state index in [1.54, 1.807) is 7.11 Å². The summed E-state index contributed by atoms with van der Waals surface area (Å²) in [5.74, 6) is 2.20. The molecule has 1 N–H and O–H groups in total. The molecule has 4 heterocycles. The number of hydrogen-bond donors (Lipinski definition) is 1. The molecule has 2 bridgehead atoms. The number of fused-ring (bicyclic) bond motifs is 4. The Morgan fingerprint density at radius 1 is 1.00 bits per heavy atom. The van der Waals surface area contributed by atoms with Crippen molar-refractivity contribution in [2.75, 3.05) is 26.7 Å². The lowest BCUT2D eigenvalue weighted by Gasteiger charge is -2.50.